The van der Waals surface area contributed by atoms with Gasteiger partial charge in [-0.1, -0.05) is 36.4 Å². The van der Waals surface area contributed by atoms with Crippen molar-refractivity contribution in [2.24, 2.45) is 0 Å². The Morgan fingerprint density at radius 1 is 1.21 bits per heavy atom. The van der Waals surface area contributed by atoms with E-state index in [1.165, 1.54) is 18.4 Å². The monoisotopic (exact) mass is 338 g/mol. The van der Waals surface area contributed by atoms with Crippen LogP contribution >= 0.6 is 11.3 Å². The maximum absolute atomic E-state index is 5.90. The average Bonchev–Trinajstić information content (AvgIpc) is 3.32. The topological polar surface area (TPSA) is 29.3 Å². The molecule has 1 saturated heterocycles. The summed E-state index contributed by atoms with van der Waals surface area (Å²) in [6.45, 7) is 4.07. The molecule has 0 aliphatic carbocycles. The number of oxazole rings is 1. The van der Waals surface area contributed by atoms with Crippen LogP contribution in [0.2, 0.25) is 0 Å². The summed E-state index contributed by atoms with van der Waals surface area (Å²) in [5.74, 6) is 1.71. The van der Waals surface area contributed by atoms with Gasteiger partial charge in [0.2, 0.25) is 5.89 Å². The van der Waals surface area contributed by atoms with Gasteiger partial charge in [0.25, 0.3) is 0 Å². The molecule has 0 saturated carbocycles. The summed E-state index contributed by atoms with van der Waals surface area (Å²) in [5.41, 5.74) is 2.50. The minimum Gasteiger partial charge on any atom is -0.440 e. The highest BCUT2D eigenvalue weighted by Crippen LogP contribution is 2.28. The zero-order valence-corrected chi connectivity index (χ0v) is 14.8. The number of aryl methyl sites for hydroxylation is 1. The first-order valence-electron chi connectivity index (χ1n) is 8.58. The number of hydrogen-bond acceptors (Lipinski definition) is 4. The zero-order valence-electron chi connectivity index (χ0n) is 13.9. The van der Waals surface area contributed by atoms with Crippen molar-refractivity contribution < 1.29 is 4.42 Å². The van der Waals surface area contributed by atoms with Gasteiger partial charge in [-0.2, -0.15) is 0 Å². The van der Waals surface area contributed by atoms with Crippen LogP contribution in [-0.4, -0.2) is 22.5 Å². The predicted octanol–water partition coefficient (Wildman–Crippen LogP) is 4.92. The number of likely N-dealkylation sites (tertiary alicyclic amines) is 1. The van der Waals surface area contributed by atoms with Gasteiger partial charge in [0.05, 0.1) is 10.6 Å². The number of rotatable bonds is 5. The molecule has 1 aromatic carbocycles. The Kier molecular flexibility index (Phi) is 4.50. The molecule has 4 heteroatoms. The first kappa shape index (κ1) is 15.6. The van der Waals surface area contributed by atoms with Gasteiger partial charge in [-0.05, 0) is 49.7 Å². The Bertz CT molecular complexity index is 779. The van der Waals surface area contributed by atoms with Gasteiger partial charge in [-0.15, -0.1) is 11.3 Å². The lowest BCUT2D eigenvalue weighted by Crippen LogP contribution is -2.31. The third kappa shape index (κ3) is 3.30. The minimum absolute atomic E-state index is 0.605. The molecular formula is C20H22N2OS. The molecule has 1 aliphatic heterocycles. The molecule has 3 heterocycles. The first-order chi connectivity index (χ1) is 11.8. The Labute approximate surface area is 147 Å². The number of nitrogens with zero attached hydrogens (tertiary/aromatic N) is 2. The second-order valence-corrected chi connectivity index (χ2v) is 7.40. The molecule has 124 valence electrons. The summed E-state index contributed by atoms with van der Waals surface area (Å²) in [4.78, 5) is 8.43. The predicted molar refractivity (Wildman–Crippen MR) is 98.1 cm³/mol. The summed E-state index contributed by atoms with van der Waals surface area (Å²) in [7, 11) is 0. The van der Waals surface area contributed by atoms with Crippen LogP contribution < -0.4 is 0 Å². The Hall–Kier alpha value is -1.91. The molecule has 2 aromatic heterocycles. The molecule has 0 amide bonds. The number of benzene rings is 1. The van der Waals surface area contributed by atoms with E-state index in [-0.39, 0.29) is 0 Å². The van der Waals surface area contributed by atoms with Gasteiger partial charge in [-0.3, -0.25) is 4.90 Å². The fourth-order valence-electron chi connectivity index (χ4n) is 3.49. The fourth-order valence-corrected chi connectivity index (χ4v) is 4.14. The molecule has 3 aromatic rings. The molecule has 0 radical (unpaired) electrons. The molecule has 1 atom stereocenters. The lowest BCUT2D eigenvalue weighted by Gasteiger charge is -2.23. The highest BCUT2D eigenvalue weighted by Gasteiger charge is 2.26. The minimum atomic E-state index is 0.605. The molecule has 24 heavy (non-hydrogen) atoms. The third-order valence-corrected chi connectivity index (χ3v) is 5.65. The van der Waals surface area contributed by atoms with Crippen molar-refractivity contribution in [3.63, 3.8) is 0 Å². The highest BCUT2D eigenvalue weighted by atomic mass is 32.1. The summed E-state index contributed by atoms with van der Waals surface area (Å²) >= 11 is 1.67. The van der Waals surface area contributed by atoms with Crippen LogP contribution in [0.25, 0.3) is 10.8 Å². The third-order valence-electron chi connectivity index (χ3n) is 4.79. The van der Waals surface area contributed by atoms with Crippen LogP contribution in [0, 0.1) is 6.92 Å². The van der Waals surface area contributed by atoms with Crippen molar-refractivity contribution in [2.45, 2.75) is 38.8 Å². The second-order valence-electron chi connectivity index (χ2n) is 6.46. The summed E-state index contributed by atoms with van der Waals surface area (Å²) in [5, 5.41) is 2.06. The Morgan fingerprint density at radius 3 is 2.88 bits per heavy atom. The van der Waals surface area contributed by atoms with Crippen molar-refractivity contribution in [3.8, 4) is 10.8 Å². The summed E-state index contributed by atoms with van der Waals surface area (Å²) in [6, 6.07) is 15.5. The maximum Gasteiger partial charge on any atom is 0.236 e. The highest BCUT2D eigenvalue weighted by molar-refractivity contribution is 7.13. The van der Waals surface area contributed by atoms with E-state index in [0.29, 0.717) is 6.04 Å². The first-order valence-corrected chi connectivity index (χ1v) is 9.46. The smallest absolute Gasteiger partial charge is 0.236 e. The summed E-state index contributed by atoms with van der Waals surface area (Å²) < 4.78 is 5.90. The van der Waals surface area contributed by atoms with Crippen LogP contribution in [0.1, 0.15) is 29.9 Å². The lowest BCUT2D eigenvalue weighted by atomic mass is 10.0. The standard InChI is InChI=1S/C20H22N2OS/c1-15-18(21-20(23-15)19-10-6-12-24-19)14-22-11-5-9-17(22)13-16-7-3-2-4-8-16/h2-4,6-8,10,12,17H,5,9,11,13-14H2,1H3/t17-/m0/s1. The van der Waals surface area contributed by atoms with Crippen LogP contribution in [0.3, 0.4) is 0 Å². The lowest BCUT2D eigenvalue weighted by molar-refractivity contribution is 0.240. The molecule has 3 nitrogen and oxygen atoms in total. The molecule has 0 unspecified atom stereocenters. The van der Waals surface area contributed by atoms with E-state index in [0.717, 1.165) is 41.7 Å². The molecule has 0 bridgehead atoms. The van der Waals surface area contributed by atoms with Gasteiger partial charge in [-0.25, -0.2) is 4.98 Å². The van der Waals surface area contributed by atoms with Crippen LogP contribution in [0.5, 0.6) is 0 Å². The molecular weight excluding hydrogens is 316 g/mol. The van der Waals surface area contributed by atoms with Crippen LogP contribution in [-0.2, 0) is 13.0 Å². The van der Waals surface area contributed by atoms with Gasteiger partial charge in [0.15, 0.2) is 0 Å². The molecule has 0 N–H and O–H groups in total. The van der Waals surface area contributed by atoms with E-state index >= 15 is 0 Å². The van der Waals surface area contributed by atoms with E-state index in [9.17, 15) is 0 Å². The molecule has 0 spiro atoms. The van der Waals surface area contributed by atoms with Gasteiger partial charge >= 0.3 is 0 Å². The summed E-state index contributed by atoms with van der Waals surface area (Å²) in [6.07, 6.45) is 3.66. The van der Waals surface area contributed by atoms with Crippen molar-refractivity contribution in [3.05, 3.63) is 64.9 Å². The molecule has 1 aliphatic rings. The second kappa shape index (κ2) is 6.91. The Morgan fingerprint density at radius 2 is 2.08 bits per heavy atom. The molecule has 4 rings (SSSR count). The number of hydrogen-bond donors (Lipinski definition) is 0. The van der Waals surface area contributed by atoms with E-state index < -0.39 is 0 Å². The normalized spacial score (nSPS) is 18.3. The van der Waals surface area contributed by atoms with Crippen molar-refractivity contribution >= 4 is 11.3 Å². The average molecular weight is 338 g/mol. The van der Waals surface area contributed by atoms with Gasteiger partial charge < -0.3 is 4.42 Å². The fraction of sp³-hybridized carbons (Fsp3) is 0.350. The maximum atomic E-state index is 5.90. The number of aromatic nitrogens is 1. The van der Waals surface area contributed by atoms with Gasteiger partial charge in [0, 0.05) is 12.6 Å². The quantitative estimate of drug-likeness (QED) is 0.661. The van der Waals surface area contributed by atoms with Crippen molar-refractivity contribution in [2.75, 3.05) is 6.54 Å². The van der Waals surface area contributed by atoms with E-state index in [4.69, 9.17) is 9.40 Å². The molecule has 1 fully saturated rings. The Balaban J connectivity index is 1.48. The SMILES string of the molecule is Cc1oc(-c2cccs2)nc1CN1CCC[C@H]1Cc1ccccc1. The largest absolute Gasteiger partial charge is 0.440 e. The van der Waals surface area contributed by atoms with E-state index in [1.54, 1.807) is 11.3 Å². The van der Waals surface area contributed by atoms with Crippen molar-refractivity contribution in [1.29, 1.82) is 0 Å². The van der Waals surface area contributed by atoms with E-state index in [2.05, 4.69) is 46.7 Å². The van der Waals surface area contributed by atoms with Crippen LogP contribution in [0.4, 0.5) is 0 Å². The van der Waals surface area contributed by atoms with Crippen molar-refractivity contribution in [1.82, 2.24) is 9.88 Å². The van der Waals surface area contributed by atoms with E-state index in [1.807, 2.05) is 13.0 Å². The van der Waals surface area contributed by atoms with Crippen LogP contribution in [0.15, 0.2) is 52.3 Å². The number of thiophene rings is 1. The van der Waals surface area contributed by atoms with Gasteiger partial charge in [0.1, 0.15) is 5.76 Å². The zero-order chi connectivity index (χ0) is 16.4.